The molecular weight excluding hydrogens is 418 g/mol. The van der Waals surface area contributed by atoms with Crippen LogP contribution in [-0.2, 0) is 22.9 Å². The Morgan fingerprint density at radius 2 is 1.69 bits per heavy atom. The molecule has 0 saturated carbocycles. The molecule has 0 spiro atoms. The van der Waals surface area contributed by atoms with Gasteiger partial charge in [0.05, 0.1) is 17.1 Å². The average molecular weight is 436 g/mol. The second-order valence-corrected chi connectivity index (χ2v) is 9.00. The fraction of sp³-hybridized carbons (Fsp3) is 0.235. The fourth-order valence-corrected chi connectivity index (χ4v) is 3.43. The Bertz CT molecular complexity index is 985. The van der Waals surface area contributed by atoms with Gasteiger partial charge in [-0.2, -0.15) is 4.68 Å². The molecule has 0 atom stereocenters. The van der Waals surface area contributed by atoms with E-state index >= 15 is 0 Å². The lowest BCUT2D eigenvalue weighted by Crippen LogP contribution is -2.20. The number of aromatic nitrogens is 4. The number of benzene rings is 2. The van der Waals surface area contributed by atoms with Crippen LogP contribution >= 0.6 is 15.9 Å². The first-order valence-electron chi connectivity index (χ1n) is 7.84. The Labute approximate surface area is 160 Å². The zero-order valence-electron chi connectivity index (χ0n) is 14.4. The van der Waals surface area contributed by atoms with Crippen molar-refractivity contribution in [2.45, 2.75) is 18.0 Å². The highest BCUT2D eigenvalue weighted by atomic mass is 79.9. The molecule has 3 rings (SSSR count). The van der Waals surface area contributed by atoms with Crippen molar-refractivity contribution in [3.63, 3.8) is 0 Å². The highest BCUT2D eigenvalue weighted by Crippen LogP contribution is 2.16. The van der Waals surface area contributed by atoms with Crippen LogP contribution in [-0.4, -0.2) is 46.8 Å². The summed E-state index contributed by atoms with van der Waals surface area (Å²) in [6, 6.07) is 14.7. The molecule has 0 unspecified atom stereocenters. The third kappa shape index (κ3) is 4.54. The molecule has 0 aliphatic heterocycles. The van der Waals surface area contributed by atoms with E-state index in [-0.39, 0.29) is 4.90 Å². The average Bonchev–Trinajstić information content (AvgIpc) is 3.04. The van der Waals surface area contributed by atoms with E-state index in [1.165, 1.54) is 11.8 Å². The zero-order valence-corrected chi connectivity index (χ0v) is 16.8. The van der Waals surface area contributed by atoms with Crippen LogP contribution in [0.4, 0.5) is 0 Å². The first-order chi connectivity index (χ1) is 12.3. The van der Waals surface area contributed by atoms with Gasteiger partial charge in [0, 0.05) is 17.3 Å². The number of tetrazole rings is 1. The van der Waals surface area contributed by atoms with Crippen molar-refractivity contribution >= 4 is 25.8 Å². The van der Waals surface area contributed by atoms with Gasteiger partial charge < -0.3 is 0 Å². The molecule has 0 bridgehead atoms. The predicted molar refractivity (Wildman–Crippen MR) is 102 cm³/mol. The number of sulfone groups is 1. The van der Waals surface area contributed by atoms with Crippen molar-refractivity contribution in [3.8, 4) is 5.69 Å². The maximum atomic E-state index is 11.6. The van der Waals surface area contributed by atoms with Gasteiger partial charge in [-0.25, -0.2) is 8.42 Å². The van der Waals surface area contributed by atoms with Gasteiger partial charge in [0.25, 0.3) is 0 Å². The van der Waals surface area contributed by atoms with E-state index in [0.29, 0.717) is 12.4 Å². The number of rotatable bonds is 6. The lowest BCUT2D eigenvalue weighted by molar-refractivity contribution is 0.307. The van der Waals surface area contributed by atoms with E-state index in [9.17, 15) is 8.42 Å². The summed E-state index contributed by atoms with van der Waals surface area (Å²) in [5.41, 5.74) is 1.90. The van der Waals surface area contributed by atoms with E-state index in [0.717, 1.165) is 16.7 Å². The van der Waals surface area contributed by atoms with Gasteiger partial charge in [-0.15, -0.1) is 5.10 Å². The molecule has 0 radical (unpaired) electrons. The van der Waals surface area contributed by atoms with Crippen LogP contribution in [0.2, 0.25) is 0 Å². The fourth-order valence-electron chi connectivity index (χ4n) is 2.54. The zero-order chi connectivity index (χ0) is 18.7. The summed E-state index contributed by atoms with van der Waals surface area (Å²) in [7, 11) is -1.23. The second-order valence-electron chi connectivity index (χ2n) is 6.07. The Morgan fingerprint density at radius 1 is 1.04 bits per heavy atom. The number of halogens is 1. The second kappa shape index (κ2) is 7.65. The minimum absolute atomic E-state index is 0.267. The largest absolute Gasteiger partial charge is 0.295 e. The van der Waals surface area contributed by atoms with E-state index in [2.05, 4.69) is 48.5 Å². The molecule has 0 fully saturated rings. The van der Waals surface area contributed by atoms with E-state index in [1.807, 2.05) is 19.2 Å². The van der Waals surface area contributed by atoms with E-state index in [4.69, 9.17) is 0 Å². The molecule has 136 valence electrons. The van der Waals surface area contributed by atoms with Crippen LogP contribution in [0.15, 0.2) is 57.9 Å². The van der Waals surface area contributed by atoms with Crippen LogP contribution in [0, 0.1) is 0 Å². The molecule has 1 aromatic heterocycles. The highest BCUT2D eigenvalue weighted by molar-refractivity contribution is 9.10. The third-order valence-corrected chi connectivity index (χ3v) is 5.48. The molecule has 26 heavy (non-hydrogen) atoms. The van der Waals surface area contributed by atoms with Crippen LogP contribution in [0.1, 0.15) is 11.4 Å². The standard InChI is InChI=1S/C17H18BrN5O2S/c1-22(11-13-3-5-14(18)6-4-13)12-17-19-20-21-23(17)15-7-9-16(10-8-15)26(2,24)25/h3-10H,11-12H2,1-2H3. The lowest BCUT2D eigenvalue weighted by atomic mass is 10.2. The summed E-state index contributed by atoms with van der Waals surface area (Å²) in [5, 5.41) is 11.9. The molecule has 1 heterocycles. The Kier molecular flexibility index (Phi) is 5.49. The Hall–Kier alpha value is -2.10. The van der Waals surface area contributed by atoms with E-state index < -0.39 is 9.84 Å². The molecule has 0 N–H and O–H groups in total. The van der Waals surface area contributed by atoms with Crippen LogP contribution in [0.3, 0.4) is 0 Å². The molecule has 9 heteroatoms. The summed E-state index contributed by atoms with van der Waals surface area (Å²) < 4.78 is 25.8. The number of hydrogen-bond acceptors (Lipinski definition) is 6. The van der Waals surface area contributed by atoms with Crippen molar-refractivity contribution in [1.82, 2.24) is 25.1 Å². The van der Waals surface area contributed by atoms with Crippen LogP contribution < -0.4 is 0 Å². The van der Waals surface area contributed by atoms with Gasteiger partial charge in [-0.1, -0.05) is 28.1 Å². The Morgan fingerprint density at radius 3 is 2.31 bits per heavy atom. The lowest BCUT2D eigenvalue weighted by Gasteiger charge is -2.16. The minimum Gasteiger partial charge on any atom is -0.295 e. The van der Waals surface area contributed by atoms with Gasteiger partial charge in [0.1, 0.15) is 0 Å². The van der Waals surface area contributed by atoms with Crippen molar-refractivity contribution in [2.24, 2.45) is 0 Å². The normalized spacial score (nSPS) is 11.8. The van der Waals surface area contributed by atoms with Crippen molar-refractivity contribution in [3.05, 3.63) is 64.4 Å². The molecule has 2 aromatic carbocycles. The molecule has 0 aliphatic carbocycles. The SMILES string of the molecule is CN(Cc1ccc(Br)cc1)Cc1nnnn1-c1ccc(S(C)(=O)=O)cc1. The Balaban J connectivity index is 1.75. The van der Waals surface area contributed by atoms with Crippen molar-refractivity contribution in [2.75, 3.05) is 13.3 Å². The van der Waals surface area contributed by atoms with Gasteiger partial charge in [-0.05, 0) is 59.4 Å². The van der Waals surface area contributed by atoms with Gasteiger partial charge in [0.15, 0.2) is 15.7 Å². The molecular formula is C17H18BrN5O2S. The molecule has 0 amide bonds. The van der Waals surface area contributed by atoms with Crippen LogP contribution in [0.5, 0.6) is 0 Å². The first kappa shape index (κ1) is 18.7. The van der Waals surface area contributed by atoms with Crippen molar-refractivity contribution < 1.29 is 8.42 Å². The van der Waals surface area contributed by atoms with E-state index in [1.54, 1.807) is 28.9 Å². The molecule has 0 aliphatic rings. The smallest absolute Gasteiger partial charge is 0.175 e. The molecule has 7 nitrogen and oxygen atoms in total. The minimum atomic E-state index is -3.23. The maximum absolute atomic E-state index is 11.6. The summed E-state index contributed by atoms with van der Waals surface area (Å²) in [4.78, 5) is 2.37. The van der Waals surface area contributed by atoms with Crippen LogP contribution in [0.25, 0.3) is 5.69 Å². The summed E-state index contributed by atoms with van der Waals surface area (Å²) in [5.74, 6) is 0.678. The topological polar surface area (TPSA) is 81.0 Å². The maximum Gasteiger partial charge on any atom is 0.175 e. The van der Waals surface area contributed by atoms with Gasteiger partial charge in [-0.3, -0.25) is 4.90 Å². The number of nitrogens with zero attached hydrogens (tertiary/aromatic N) is 5. The third-order valence-electron chi connectivity index (χ3n) is 3.82. The monoisotopic (exact) mass is 435 g/mol. The summed E-state index contributed by atoms with van der Waals surface area (Å²) in [6.45, 7) is 1.31. The van der Waals surface area contributed by atoms with Gasteiger partial charge >= 0.3 is 0 Å². The van der Waals surface area contributed by atoms with Crippen molar-refractivity contribution in [1.29, 1.82) is 0 Å². The first-order valence-corrected chi connectivity index (χ1v) is 10.5. The molecule has 3 aromatic rings. The summed E-state index contributed by atoms with van der Waals surface area (Å²) >= 11 is 3.43. The quantitative estimate of drug-likeness (QED) is 0.591. The highest BCUT2D eigenvalue weighted by Gasteiger charge is 2.13. The number of hydrogen-bond donors (Lipinski definition) is 0. The molecule has 0 saturated heterocycles. The predicted octanol–water partition coefficient (Wildman–Crippen LogP) is 2.46. The summed E-state index contributed by atoms with van der Waals surface area (Å²) in [6.07, 6.45) is 1.18. The van der Waals surface area contributed by atoms with Gasteiger partial charge in [0.2, 0.25) is 0 Å².